The number of rotatable bonds is 4. The van der Waals surface area contributed by atoms with Crippen LogP contribution >= 0.6 is 15.9 Å². The van der Waals surface area contributed by atoms with Gasteiger partial charge in [-0.15, -0.1) is 0 Å². The fourth-order valence-electron chi connectivity index (χ4n) is 1.76. The molecule has 0 saturated carbocycles. The molecule has 16 heavy (non-hydrogen) atoms. The highest BCUT2D eigenvalue weighted by molar-refractivity contribution is 9.10. The SMILES string of the molecule is CCCNCc1nc2cc(Br)ccc2n1C. The van der Waals surface area contributed by atoms with E-state index in [0.29, 0.717) is 0 Å². The van der Waals surface area contributed by atoms with Crippen LogP contribution in [0.2, 0.25) is 0 Å². The van der Waals surface area contributed by atoms with Gasteiger partial charge in [0, 0.05) is 11.5 Å². The Balaban J connectivity index is 2.29. The molecule has 86 valence electrons. The molecule has 0 bridgehead atoms. The lowest BCUT2D eigenvalue weighted by Crippen LogP contribution is -2.16. The number of nitrogens with zero attached hydrogens (tertiary/aromatic N) is 2. The van der Waals surface area contributed by atoms with Crippen LogP contribution in [0.5, 0.6) is 0 Å². The molecular formula is C12H16BrN3. The van der Waals surface area contributed by atoms with Crippen LogP contribution in [0.3, 0.4) is 0 Å². The van der Waals surface area contributed by atoms with E-state index in [4.69, 9.17) is 0 Å². The molecule has 1 heterocycles. The van der Waals surface area contributed by atoms with Crippen molar-refractivity contribution in [3.63, 3.8) is 0 Å². The molecule has 0 aliphatic heterocycles. The lowest BCUT2D eigenvalue weighted by Gasteiger charge is -2.03. The first kappa shape index (κ1) is 11.6. The van der Waals surface area contributed by atoms with Crippen LogP contribution in [0.25, 0.3) is 11.0 Å². The third kappa shape index (κ3) is 2.28. The highest BCUT2D eigenvalue weighted by atomic mass is 79.9. The number of aromatic nitrogens is 2. The van der Waals surface area contributed by atoms with E-state index >= 15 is 0 Å². The molecule has 0 atom stereocenters. The maximum absolute atomic E-state index is 4.62. The second-order valence-electron chi connectivity index (χ2n) is 3.90. The molecule has 0 aliphatic rings. The molecule has 1 aromatic heterocycles. The van der Waals surface area contributed by atoms with Crippen LogP contribution in [-0.2, 0) is 13.6 Å². The van der Waals surface area contributed by atoms with E-state index in [-0.39, 0.29) is 0 Å². The first-order chi connectivity index (χ1) is 7.72. The number of nitrogens with one attached hydrogen (secondary N) is 1. The zero-order chi connectivity index (χ0) is 11.5. The van der Waals surface area contributed by atoms with Gasteiger partial charge in [-0.1, -0.05) is 22.9 Å². The van der Waals surface area contributed by atoms with Gasteiger partial charge in [-0.05, 0) is 31.2 Å². The van der Waals surface area contributed by atoms with E-state index in [1.807, 2.05) is 6.07 Å². The van der Waals surface area contributed by atoms with E-state index in [2.05, 4.69) is 56.9 Å². The summed E-state index contributed by atoms with van der Waals surface area (Å²) < 4.78 is 3.22. The molecule has 4 heteroatoms. The molecule has 2 rings (SSSR count). The maximum Gasteiger partial charge on any atom is 0.123 e. The molecule has 0 spiro atoms. The zero-order valence-corrected chi connectivity index (χ0v) is 11.2. The Bertz CT molecular complexity index is 490. The average molecular weight is 282 g/mol. The van der Waals surface area contributed by atoms with E-state index in [9.17, 15) is 0 Å². The number of imidazole rings is 1. The summed E-state index contributed by atoms with van der Waals surface area (Å²) in [6.07, 6.45) is 1.15. The van der Waals surface area contributed by atoms with Crippen LogP contribution in [0, 0.1) is 0 Å². The van der Waals surface area contributed by atoms with E-state index in [1.54, 1.807) is 0 Å². The molecule has 0 aliphatic carbocycles. The third-order valence-electron chi connectivity index (χ3n) is 2.65. The summed E-state index contributed by atoms with van der Waals surface area (Å²) in [5.41, 5.74) is 2.22. The Morgan fingerprint density at radius 1 is 1.44 bits per heavy atom. The Morgan fingerprint density at radius 3 is 3.00 bits per heavy atom. The van der Waals surface area contributed by atoms with Crippen molar-refractivity contribution < 1.29 is 0 Å². The van der Waals surface area contributed by atoms with Gasteiger partial charge in [-0.2, -0.15) is 0 Å². The Hall–Kier alpha value is -0.870. The summed E-state index contributed by atoms with van der Waals surface area (Å²) in [6.45, 7) is 4.03. The van der Waals surface area contributed by atoms with Crippen molar-refractivity contribution in [1.29, 1.82) is 0 Å². The number of halogens is 1. The number of aryl methyl sites for hydroxylation is 1. The number of hydrogen-bond donors (Lipinski definition) is 1. The second kappa shape index (κ2) is 4.97. The van der Waals surface area contributed by atoms with Crippen molar-refractivity contribution in [3.05, 3.63) is 28.5 Å². The Morgan fingerprint density at radius 2 is 2.25 bits per heavy atom. The monoisotopic (exact) mass is 281 g/mol. The van der Waals surface area contributed by atoms with Gasteiger partial charge >= 0.3 is 0 Å². The van der Waals surface area contributed by atoms with Gasteiger partial charge in [0.25, 0.3) is 0 Å². The van der Waals surface area contributed by atoms with Crippen LogP contribution in [0.4, 0.5) is 0 Å². The summed E-state index contributed by atoms with van der Waals surface area (Å²) in [4.78, 5) is 4.62. The molecule has 3 nitrogen and oxygen atoms in total. The maximum atomic E-state index is 4.62. The first-order valence-corrected chi connectivity index (χ1v) is 6.33. The van der Waals surface area contributed by atoms with Gasteiger partial charge in [-0.3, -0.25) is 0 Å². The van der Waals surface area contributed by atoms with E-state index in [0.717, 1.165) is 35.3 Å². The first-order valence-electron chi connectivity index (χ1n) is 5.54. The Labute approximate surface area is 104 Å². The fourth-order valence-corrected chi connectivity index (χ4v) is 2.11. The summed E-state index contributed by atoms with van der Waals surface area (Å²) in [7, 11) is 2.06. The van der Waals surface area contributed by atoms with Gasteiger partial charge in [-0.25, -0.2) is 4.98 Å². The third-order valence-corrected chi connectivity index (χ3v) is 3.14. The van der Waals surface area contributed by atoms with Crippen molar-refractivity contribution in [2.24, 2.45) is 7.05 Å². The largest absolute Gasteiger partial charge is 0.330 e. The minimum absolute atomic E-state index is 0.830. The minimum atomic E-state index is 0.830. The predicted octanol–water partition coefficient (Wildman–Crippen LogP) is 2.84. The molecule has 0 saturated heterocycles. The van der Waals surface area contributed by atoms with E-state index < -0.39 is 0 Å². The fraction of sp³-hybridized carbons (Fsp3) is 0.417. The topological polar surface area (TPSA) is 29.9 Å². The second-order valence-corrected chi connectivity index (χ2v) is 4.81. The predicted molar refractivity (Wildman–Crippen MR) is 70.4 cm³/mol. The van der Waals surface area contributed by atoms with Crippen LogP contribution < -0.4 is 5.32 Å². The lowest BCUT2D eigenvalue weighted by atomic mass is 10.3. The van der Waals surface area contributed by atoms with Crippen molar-refractivity contribution >= 4 is 27.0 Å². The quantitative estimate of drug-likeness (QED) is 0.874. The van der Waals surface area contributed by atoms with Crippen LogP contribution in [-0.4, -0.2) is 16.1 Å². The highest BCUT2D eigenvalue weighted by Gasteiger charge is 2.06. The molecule has 0 fully saturated rings. The molecule has 0 radical (unpaired) electrons. The molecule has 1 N–H and O–H groups in total. The van der Waals surface area contributed by atoms with Gasteiger partial charge in [0.1, 0.15) is 5.82 Å². The van der Waals surface area contributed by atoms with E-state index in [1.165, 1.54) is 5.52 Å². The summed E-state index contributed by atoms with van der Waals surface area (Å²) >= 11 is 3.47. The number of hydrogen-bond acceptors (Lipinski definition) is 2. The van der Waals surface area contributed by atoms with Crippen LogP contribution in [0.15, 0.2) is 22.7 Å². The number of benzene rings is 1. The van der Waals surface area contributed by atoms with Gasteiger partial charge in [0.2, 0.25) is 0 Å². The standard InChI is InChI=1S/C12H16BrN3/c1-3-6-14-8-12-15-10-7-9(13)4-5-11(10)16(12)2/h4-5,7,14H,3,6,8H2,1-2H3. The normalized spacial score (nSPS) is 11.2. The molecular weight excluding hydrogens is 266 g/mol. The van der Waals surface area contributed by atoms with Crippen molar-refractivity contribution in [2.45, 2.75) is 19.9 Å². The zero-order valence-electron chi connectivity index (χ0n) is 9.63. The van der Waals surface area contributed by atoms with Crippen LogP contribution in [0.1, 0.15) is 19.2 Å². The molecule has 0 unspecified atom stereocenters. The Kier molecular flexibility index (Phi) is 3.61. The van der Waals surface area contributed by atoms with Crippen molar-refractivity contribution in [3.8, 4) is 0 Å². The number of fused-ring (bicyclic) bond motifs is 1. The summed E-state index contributed by atoms with van der Waals surface area (Å²) in [6, 6.07) is 6.20. The summed E-state index contributed by atoms with van der Waals surface area (Å²) in [5, 5.41) is 3.37. The van der Waals surface area contributed by atoms with Gasteiger partial charge in [0.05, 0.1) is 17.6 Å². The average Bonchev–Trinajstić information content (AvgIpc) is 2.56. The van der Waals surface area contributed by atoms with Gasteiger partial charge in [0.15, 0.2) is 0 Å². The van der Waals surface area contributed by atoms with Gasteiger partial charge < -0.3 is 9.88 Å². The highest BCUT2D eigenvalue weighted by Crippen LogP contribution is 2.19. The molecule has 0 amide bonds. The minimum Gasteiger partial charge on any atom is -0.330 e. The molecule has 1 aromatic carbocycles. The molecule has 2 aromatic rings. The smallest absolute Gasteiger partial charge is 0.123 e. The lowest BCUT2D eigenvalue weighted by molar-refractivity contribution is 0.634. The summed E-state index contributed by atoms with van der Waals surface area (Å²) in [5.74, 6) is 1.08. The van der Waals surface area contributed by atoms with Crippen molar-refractivity contribution in [2.75, 3.05) is 6.54 Å². The van der Waals surface area contributed by atoms with Crippen molar-refractivity contribution in [1.82, 2.24) is 14.9 Å².